The second-order valence-corrected chi connectivity index (χ2v) is 10.1. The Morgan fingerprint density at radius 2 is 1.73 bits per heavy atom. The molecule has 1 aliphatic rings. The third-order valence-electron chi connectivity index (χ3n) is 5.05. The van der Waals surface area contributed by atoms with E-state index in [9.17, 15) is 13.5 Å². The minimum Gasteiger partial charge on any atom is -0.494 e. The maximum absolute atomic E-state index is 12.0. The first-order chi connectivity index (χ1) is 14.3. The van der Waals surface area contributed by atoms with Crippen LogP contribution in [0.1, 0.15) is 18.9 Å². The van der Waals surface area contributed by atoms with Gasteiger partial charge in [0, 0.05) is 24.2 Å². The van der Waals surface area contributed by atoms with E-state index in [0.29, 0.717) is 36.9 Å². The quantitative estimate of drug-likeness (QED) is 0.595. The van der Waals surface area contributed by atoms with Crippen molar-refractivity contribution in [1.29, 1.82) is 0 Å². The molecular weight excluding hydrogens is 426 g/mol. The molecule has 1 fully saturated rings. The van der Waals surface area contributed by atoms with Crippen molar-refractivity contribution < 1.29 is 23.0 Å². The lowest BCUT2D eigenvalue weighted by Gasteiger charge is -2.30. The van der Waals surface area contributed by atoms with Gasteiger partial charge >= 0.3 is 0 Å². The first-order valence-electron chi connectivity index (χ1n) is 10.1. The summed E-state index contributed by atoms with van der Waals surface area (Å²) in [6.45, 7) is 3.52. The zero-order valence-electron chi connectivity index (χ0n) is 17.0. The van der Waals surface area contributed by atoms with Gasteiger partial charge in [0.25, 0.3) is 0 Å². The van der Waals surface area contributed by atoms with Crippen molar-refractivity contribution in [2.45, 2.75) is 32.0 Å². The molecule has 1 heterocycles. The van der Waals surface area contributed by atoms with E-state index in [1.165, 1.54) is 0 Å². The lowest BCUT2D eigenvalue weighted by Crippen LogP contribution is -2.42. The van der Waals surface area contributed by atoms with Crippen molar-refractivity contribution >= 4 is 21.4 Å². The molecule has 0 unspecified atom stereocenters. The third-order valence-corrected chi connectivity index (χ3v) is 7.05. The summed E-state index contributed by atoms with van der Waals surface area (Å²) in [6.07, 6.45) is -0.184. The molecule has 1 N–H and O–H groups in total. The van der Waals surface area contributed by atoms with Gasteiger partial charge < -0.3 is 14.6 Å². The highest BCUT2D eigenvalue weighted by Crippen LogP contribution is 2.22. The molecular formula is C22H28ClNO5S. The molecule has 3 rings (SSSR count). The summed E-state index contributed by atoms with van der Waals surface area (Å²) in [5.74, 6) is 1.73. The number of aliphatic hydroxyl groups is 1. The summed E-state index contributed by atoms with van der Waals surface area (Å²) < 4.78 is 35.1. The van der Waals surface area contributed by atoms with Gasteiger partial charge in [0.2, 0.25) is 0 Å². The number of hydrogen-bond donors (Lipinski definition) is 1. The van der Waals surface area contributed by atoms with E-state index >= 15 is 0 Å². The number of benzene rings is 2. The monoisotopic (exact) mass is 453 g/mol. The van der Waals surface area contributed by atoms with Crippen LogP contribution in [0.5, 0.6) is 11.5 Å². The number of rotatable bonds is 10. The Morgan fingerprint density at radius 3 is 2.33 bits per heavy atom. The fourth-order valence-corrected chi connectivity index (χ4v) is 5.43. The summed E-state index contributed by atoms with van der Waals surface area (Å²) in [4.78, 5) is 2.04. The number of aliphatic hydroxyl groups excluding tert-OH is 1. The predicted molar refractivity (Wildman–Crippen MR) is 118 cm³/mol. The van der Waals surface area contributed by atoms with Gasteiger partial charge in [0.1, 0.15) is 24.2 Å². The molecule has 2 atom stereocenters. The van der Waals surface area contributed by atoms with Gasteiger partial charge in [-0.3, -0.25) is 4.90 Å². The van der Waals surface area contributed by atoms with Gasteiger partial charge in [0.05, 0.1) is 18.1 Å². The normalized spacial score (nSPS) is 19.0. The minimum absolute atomic E-state index is 0.112. The van der Waals surface area contributed by atoms with Crippen molar-refractivity contribution in [3.8, 4) is 11.5 Å². The molecule has 2 aromatic rings. The Balaban J connectivity index is 1.63. The van der Waals surface area contributed by atoms with Crippen LogP contribution in [-0.2, 0) is 16.4 Å². The average molecular weight is 454 g/mol. The molecule has 0 radical (unpaired) electrons. The second-order valence-electron chi connectivity index (χ2n) is 7.48. The standard InChI is InChI=1S/C22H28ClNO5S/c1-2-28-21-7-3-17(4-8-21)13-24(19-11-12-30(26,27)16-19)14-20(25)15-29-22-9-5-18(23)6-10-22/h3-10,19-20,25H,2,11-16H2,1H3/t19-,20+/m0/s1. The van der Waals surface area contributed by atoms with E-state index in [1.54, 1.807) is 24.3 Å². The van der Waals surface area contributed by atoms with E-state index in [1.807, 2.05) is 36.1 Å². The fourth-order valence-electron chi connectivity index (χ4n) is 3.54. The first kappa shape index (κ1) is 22.9. The Bertz CT molecular complexity index is 902. The second kappa shape index (κ2) is 10.5. The fraction of sp³-hybridized carbons (Fsp3) is 0.455. The van der Waals surface area contributed by atoms with Crippen molar-refractivity contribution in [2.24, 2.45) is 0 Å². The molecule has 1 aliphatic heterocycles. The zero-order valence-corrected chi connectivity index (χ0v) is 18.6. The molecule has 0 aliphatic carbocycles. The average Bonchev–Trinajstić information content (AvgIpc) is 3.08. The van der Waals surface area contributed by atoms with Crippen LogP contribution in [0.25, 0.3) is 0 Å². The van der Waals surface area contributed by atoms with Crippen LogP contribution >= 0.6 is 11.6 Å². The van der Waals surface area contributed by atoms with Gasteiger partial charge in [0.15, 0.2) is 9.84 Å². The van der Waals surface area contributed by atoms with Crippen LogP contribution in [0.4, 0.5) is 0 Å². The van der Waals surface area contributed by atoms with E-state index in [0.717, 1.165) is 11.3 Å². The van der Waals surface area contributed by atoms with Gasteiger partial charge in [-0.2, -0.15) is 0 Å². The molecule has 0 saturated carbocycles. The van der Waals surface area contributed by atoms with Gasteiger partial charge in [-0.1, -0.05) is 23.7 Å². The van der Waals surface area contributed by atoms with Crippen LogP contribution in [0, 0.1) is 0 Å². The van der Waals surface area contributed by atoms with Crippen LogP contribution in [-0.4, -0.2) is 61.8 Å². The van der Waals surface area contributed by atoms with E-state index in [4.69, 9.17) is 21.1 Å². The zero-order chi connectivity index (χ0) is 21.6. The highest BCUT2D eigenvalue weighted by Gasteiger charge is 2.33. The maximum atomic E-state index is 12.0. The molecule has 0 aromatic heterocycles. The maximum Gasteiger partial charge on any atom is 0.151 e. The Labute approximate surface area is 183 Å². The van der Waals surface area contributed by atoms with Crippen molar-refractivity contribution in [3.63, 3.8) is 0 Å². The molecule has 2 aromatic carbocycles. The lowest BCUT2D eigenvalue weighted by atomic mass is 10.1. The molecule has 1 saturated heterocycles. The van der Waals surface area contributed by atoms with Crippen molar-refractivity contribution in [3.05, 3.63) is 59.1 Å². The summed E-state index contributed by atoms with van der Waals surface area (Å²) in [5, 5.41) is 11.2. The number of hydrogen-bond acceptors (Lipinski definition) is 6. The third kappa shape index (κ3) is 6.87. The molecule has 30 heavy (non-hydrogen) atoms. The molecule has 0 bridgehead atoms. The molecule has 6 nitrogen and oxygen atoms in total. The number of sulfone groups is 1. The predicted octanol–water partition coefficient (Wildman–Crippen LogP) is 3.17. The molecule has 0 spiro atoms. The van der Waals surface area contributed by atoms with Gasteiger partial charge in [-0.25, -0.2) is 8.42 Å². The Morgan fingerprint density at radius 1 is 1.10 bits per heavy atom. The topological polar surface area (TPSA) is 76.1 Å². The Kier molecular flexibility index (Phi) is 7.99. The van der Waals surface area contributed by atoms with Crippen LogP contribution in [0.2, 0.25) is 5.02 Å². The van der Waals surface area contributed by atoms with Crippen LogP contribution in [0.3, 0.4) is 0 Å². The highest BCUT2D eigenvalue weighted by molar-refractivity contribution is 7.91. The lowest BCUT2D eigenvalue weighted by molar-refractivity contribution is 0.0524. The largest absolute Gasteiger partial charge is 0.494 e. The molecule has 164 valence electrons. The van der Waals surface area contributed by atoms with Gasteiger partial charge in [-0.15, -0.1) is 0 Å². The van der Waals surface area contributed by atoms with Crippen molar-refractivity contribution in [2.75, 3.05) is 31.3 Å². The van der Waals surface area contributed by atoms with E-state index in [2.05, 4.69) is 0 Å². The van der Waals surface area contributed by atoms with Crippen LogP contribution < -0.4 is 9.47 Å². The minimum atomic E-state index is -3.03. The van der Waals surface area contributed by atoms with Gasteiger partial charge in [-0.05, 0) is 55.3 Å². The summed E-state index contributed by atoms with van der Waals surface area (Å²) in [6, 6.07) is 14.6. The summed E-state index contributed by atoms with van der Waals surface area (Å²) >= 11 is 5.87. The number of ether oxygens (including phenoxy) is 2. The number of nitrogens with zero attached hydrogens (tertiary/aromatic N) is 1. The Hall–Kier alpha value is -1.80. The molecule has 8 heteroatoms. The van der Waals surface area contributed by atoms with E-state index in [-0.39, 0.29) is 24.2 Å². The SMILES string of the molecule is CCOc1ccc(CN(C[C@@H](O)COc2ccc(Cl)cc2)[C@H]2CCS(=O)(=O)C2)cc1. The van der Waals surface area contributed by atoms with Crippen molar-refractivity contribution in [1.82, 2.24) is 4.90 Å². The molecule has 0 amide bonds. The summed E-state index contributed by atoms with van der Waals surface area (Å²) in [7, 11) is -3.03. The van der Waals surface area contributed by atoms with E-state index < -0.39 is 15.9 Å². The smallest absolute Gasteiger partial charge is 0.151 e. The highest BCUT2D eigenvalue weighted by atomic mass is 35.5. The number of halogens is 1. The summed E-state index contributed by atoms with van der Waals surface area (Å²) in [5.41, 5.74) is 1.04. The first-order valence-corrected chi connectivity index (χ1v) is 12.3. The van der Waals surface area contributed by atoms with Crippen LogP contribution in [0.15, 0.2) is 48.5 Å².